The number of benzene rings is 1. The lowest BCUT2D eigenvalue weighted by Crippen LogP contribution is -2.29. The lowest BCUT2D eigenvalue weighted by atomic mass is 10.1. The monoisotopic (exact) mass is 383 g/mol. The summed E-state index contributed by atoms with van der Waals surface area (Å²) < 4.78 is 13.3. The molecule has 0 spiro atoms. The standard InChI is InChI=1S/C22H29N3O3/c26-22-21(19-15-28-13-8-23-19)18-14-17(24-9-2-1-3-10-24)4-5-20(18)25(22)16-6-11-27-12-7-16/h4-5,14,16,26H,1-3,6-13,15H2. The van der Waals surface area contributed by atoms with E-state index in [2.05, 4.69) is 27.7 Å². The fourth-order valence-electron chi connectivity index (χ4n) is 4.85. The van der Waals surface area contributed by atoms with Gasteiger partial charge in [-0.1, -0.05) is 0 Å². The van der Waals surface area contributed by atoms with Crippen LogP contribution in [0.3, 0.4) is 0 Å². The fraction of sp³-hybridized carbons (Fsp3) is 0.591. The Morgan fingerprint density at radius 3 is 2.57 bits per heavy atom. The van der Waals surface area contributed by atoms with Crippen molar-refractivity contribution in [2.75, 3.05) is 51.0 Å². The number of piperidine rings is 1. The van der Waals surface area contributed by atoms with E-state index < -0.39 is 0 Å². The Morgan fingerprint density at radius 1 is 1.00 bits per heavy atom. The normalized spacial score (nSPS) is 21.9. The van der Waals surface area contributed by atoms with Crippen LogP contribution < -0.4 is 4.90 Å². The van der Waals surface area contributed by atoms with Crippen LogP contribution in [-0.2, 0) is 9.47 Å². The smallest absolute Gasteiger partial charge is 0.201 e. The molecule has 3 aliphatic rings. The van der Waals surface area contributed by atoms with Crippen LogP contribution in [0.25, 0.3) is 10.9 Å². The summed E-state index contributed by atoms with van der Waals surface area (Å²) in [5, 5.41) is 12.4. The maximum Gasteiger partial charge on any atom is 0.201 e. The van der Waals surface area contributed by atoms with E-state index in [1.165, 1.54) is 24.9 Å². The van der Waals surface area contributed by atoms with Crippen LogP contribution in [-0.4, -0.2) is 61.4 Å². The Bertz CT molecular complexity index is 877. The minimum atomic E-state index is 0.260. The molecule has 6 nitrogen and oxygen atoms in total. The molecule has 2 aromatic rings. The zero-order valence-electron chi connectivity index (χ0n) is 16.4. The van der Waals surface area contributed by atoms with Crippen molar-refractivity contribution in [3.8, 4) is 5.88 Å². The van der Waals surface area contributed by atoms with Gasteiger partial charge in [0.2, 0.25) is 5.88 Å². The summed E-state index contributed by atoms with van der Waals surface area (Å²) in [6.07, 6.45) is 5.67. The molecule has 2 saturated heterocycles. The first-order valence-electron chi connectivity index (χ1n) is 10.6. The molecule has 5 rings (SSSR count). The summed E-state index contributed by atoms with van der Waals surface area (Å²) in [6.45, 7) is 5.49. The number of hydrogen-bond donors (Lipinski definition) is 1. The molecule has 0 radical (unpaired) electrons. The van der Waals surface area contributed by atoms with E-state index in [0.29, 0.717) is 25.6 Å². The summed E-state index contributed by atoms with van der Waals surface area (Å²) in [4.78, 5) is 7.16. The highest BCUT2D eigenvalue weighted by Gasteiger charge is 2.28. The van der Waals surface area contributed by atoms with Gasteiger partial charge in [0.05, 0.1) is 36.6 Å². The molecule has 4 heterocycles. The molecule has 0 aliphatic carbocycles. The SMILES string of the molecule is Oc1c(C2=NCCOC2)c2cc(N3CCCCC3)ccc2n1C1CCOCC1. The number of anilines is 1. The van der Waals surface area contributed by atoms with Crippen LogP contribution in [0.15, 0.2) is 23.2 Å². The van der Waals surface area contributed by atoms with Crippen molar-refractivity contribution in [2.24, 2.45) is 4.99 Å². The Balaban J connectivity index is 1.65. The molecular weight excluding hydrogens is 354 g/mol. The minimum Gasteiger partial charge on any atom is -0.494 e. The van der Waals surface area contributed by atoms with E-state index in [9.17, 15) is 5.11 Å². The molecule has 1 aromatic carbocycles. The molecule has 150 valence electrons. The second kappa shape index (κ2) is 7.76. The van der Waals surface area contributed by atoms with E-state index in [1.807, 2.05) is 0 Å². The average Bonchev–Trinajstić information content (AvgIpc) is 3.06. The molecule has 0 bridgehead atoms. The molecule has 2 fully saturated rings. The summed E-state index contributed by atoms with van der Waals surface area (Å²) >= 11 is 0. The Labute approximate surface area is 165 Å². The van der Waals surface area contributed by atoms with Gasteiger partial charge in [0.25, 0.3) is 0 Å². The Kier molecular flexibility index (Phi) is 4.99. The van der Waals surface area contributed by atoms with Gasteiger partial charge in [0.1, 0.15) is 0 Å². The summed E-state index contributed by atoms with van der Waals surface area (Å²) in [7, 11) is 0. The highest BCUT2D eigenvalue weighted by atomic mass is 16.5. The van der Waals surface area contributed by atoms with Crippen LogP contribution >= 0.6 is 0 Å². The molecule has 1 N–H and O–H groups in total. The molecule has 0 unspecified atom stereocenters. The lowest BCUT2D eigenvalue weighted by molar-refractivity contribution is 0.0688. The van der Waals surface area contributed by atoms with Crippen LogP contribution in [0.1, 0.15) is 43.7 Å². The second-order valence-electron chi connectivity index (χ2n) is 8.04. The summed E-state index contributed by atoms with van der Waals surface area (Å²) in [6, 6.07) is 6.91. The largest absolute Gasteiger partial charge is 0.494 e. The van der Waals surface area contributed by atoms with Crippen molar-refractivity contribution in [3.05, 3.63) is 23.8 Å². The topological polar surface area (TPSA) is 59.2 Å². The van der Waals surface area contributed by atoms with E-state index in [4.69, 9.17) is 14.5 Å². The molecule has 0 saturated carbocycles. The van der Waals surface area contributed by atoms with Crippen LogP contribution in [0.2, 0.25) is 0 Å². The second-order valence-corrected chi connectivity index (χ2v) is 8.04. The quantitative estimate of drug-likeness (QED) is 0.881. The maximum atomic E-state index is 11.3. The van der Waals surface area contributed by atoms with Crippen molar-refractivity contribution in [2.45, 2.75) is 38.1 Å². The van der Waals surface area contributed by atoms with Gasteiger partial charge >= 0.3 is 0 Å². The summed E-state index contributed by atoms with van der Waals surface area (Å²) in [5.41, 5.74) is 4.07. The number of hydrogen-bond acceptors (Lipinski definition) is 5. The van der Waals surface area contributed by atoms with Crippen LogP contribution in [0.5, 0.6) is 5.88 Å². The van der Waals surface area contributed by atoms with Crippen LogP contribution in [0, 0.1) is 0 Å². The van der Waals surface area contributed by atoms with Gasteiger partial charge < -0.3 is 24.0 Å². The first-order valence-corrected chi connectivity index (χ1v) is 10.6. The van der Waals surface area contributed by atoms with E-state index in [0.717, 1.165) is 61.3 Å². The number of rotatable bonds is 3. The van der Waals surface area contributed by atoms with Crippen molar-refractivity contribution in [1.29, 1.82) is 0 Å². The van der Waals surface area contributed by atoms with Crippen molar-refractivity contribution in [1.82, 2.24) is 4.57 Å². The van der Waals surface area contributed by atoms with E-state index in [1.54, 1.807) is 0 Å². The summed E-state index contributed by atoms with van der Waals surface area (Å²) in [5.74, 6) is 0.335. The molecule has 0 atom stereocenters. The van der Waals surface area contributed by atoms with Crippen molar-refractivity contribution < 1.29 is 14.6 Å². The molecular formula is C22H29N3O3. The highest BCUT2D eigenvalue weighted by Crippen LogP contribution is 2.40. The number of ether oxygens (including phenoxy) is 2. The van der Waals surface area contributed by atoms with E-state index in [-0.39, 0.29) is 6.04 Å². The third-order valence-electron chi connectivity index (χ3n) is 6.30. The fourth-order valence-corrected chi connectivity index (χ4v) is 4.85. The van der Waals surface area contributed by atoms with Crippen LogP contribution in [0.4, 0.5) is 5.69 Å². The number of fused-ring (bicyclic) bond motifs is 1. The first kappa shape index (κ1) is 18.0. The van der Waals surface area contributed by atoms with Gasteiger partial charge in [-0.05, 0) is 50.3 Å². The molecule has 3 aliphatic heterocycles. The van der Waals surface area contributed by atoms with Gasteiger partial charge in [-0.15, -0.1) is 0 Å². The number of aliphatic imine (C=N–C) groups is 1. The number of aromatic nitrogens is 1. The average molecular weight is 383 g/mol. The number of nitrogens with zero attached hydrogens (tertiary/aromatic N) is 3. The van der Waals surface area contributed by atoms with Gasteiger partial charge in [-0.25, -0.2) is 0 Å². The predicted molar refractivity (Wildman–Crippen MR) is 111 cm³/mol. The molecule has 6 heteroatoms. The Hall–Kier alpha value is -2.05. The van der Waals surface area contributed by atoms with Gasteiger partial charge in [0.15, 0.2) is 0 Å². The predicted octanol–water partition coefficient (Wildman–Crippen LogP) is 3.51. The minimum absolute atomic E-state index is 0.260. The third-order valence-corrected chi connectivity index (χ3v) is 6.30. The van der Waals surface area contributed by atoms with Gasteiger partial charge in [0, 0.05) is 43.4 Å². The van der Waals surface area contributed by atoms with Crippen molar-refractivity contribution in [3.63, 3.8) is 0 Å². The Morgan fingerprint density at radius 2 is 1.82 bits per heavy atom. The maximum absolute atomic E-state index is 11.3. The molecule has 1 aromatic heterocycles. The van der Waals surface area contributed by atoms with Gasteiger partial charge in [-0.2, -0.15) is 0 Å². The van der Waals surface area contributed by atoms with Gasteiger partial charge in [-0.3, -0.25) is 4.99 Å². The third kappa shape index (κ3) is 3.18. The molecule has 28 heavy (non-hydrogen) atoms. The zero-order valence-corrected chi connectivity index (χ0v) is 16.4. The zero-order chi connectivity index (χ0) is 18.9. The first-order chi connectivity index (χ1) is 13.8. The number of aromatic hydroxyl groups is 1. The van der Waals surface area contributed by atoms with E-state index >= 15 is 0 Å². The highest BCUT2D eigenvalue weighted by molar-refractivity contribution is 6.14. The lowest BCUT2D eigenvalue weighted by Gasteiger charge is -2.29. The molecule has 0 amide bonds. The van der Waals surface area contributed by atoms with Crippen molar-refractivity contribution >= 4 is 22.3 Å².